The highest BCUT2D eigenvalue weighted by molar-refractivity contribution is 4.84. The maximum absolute atomic E-state index is 7.25. The van der Waals surface area contributed by atoms with E-state index < -0.39 is 0 Å². The minimum Gasteiger partial charge on any atom is -0.325 e. The van der Waals surface area contributed by atoms with E-state index in [0.29, 0.717) is 0 Å². The lowest BCUT2D eigenvalue weighted by Gasteiger charge is -2.30. The molecule has 0 spiro atoms. The second-order valence-electron chi connectivity index (χ2n) is 17.8. The predicted molar refractivity (Wildman–Crippen MR) is 236 cm³/mol. The summed E-state index contributed by atoms with van der Waals surface area (Å²) < 4.78 is 0. The van der Waals surface area contributed by atoms with E-state index in [-0.39, 0.29) is 5.54 Å². The molecule has 0 saturated heterocycles. The highest BCUT2D eigenvalue weighted by atomic mass is 14.7. The molecule has 0 unspecified atom stereocenters. The van der Waals surface area contributed by atoms with Gasteiger partial charge in [0.1, 0.15) is 0 Å². The Morgan fingerprint density at radius 1 is 0.196 bits per heavy atom. The molecule has 0 atom stereocenters. The summed E-state index contributed by atoms with van der Waals surface area (Å²) in [7, 11) is 0. The smallest absolute Gasteiger partial charge is 0.0154 e. The Bertz CT molecular complexity index is 566. The maximum Gasteiger partial charge on any atom is 0.0154 e. The molecule has 308 valence electrons. The molecular weight excluding hydrogens is 615 g/mol. The normalized spacial score (nSPS) is 12.0. The van der Waals surface area contributed by atoms with E-state index in [1.807, 2.05) is 0 Å². The third-order valence-electron chi connectivity index (χ3n) is 12.3. The highest BCUT2D eigenvalue weighted by Gasteiger charge is 2.23. The van der Waals surface area contributed by atoms with Gasteiger partial charge in [0, 0.05) is 5.54 Å². The molecule has 0 heterocycles. The van der Waals surface area contributed by atoms with Crippen molar-refractivity contribution in [2.24, 2.45) is 5.73 Å². The van der Waals surface area contributed by atoms with Gasteiger partial charge < -0.3 is 5.73 Å². The van der Waals surface area contributed by atoms with Gasteiger partial charge in [-0.2, -0.15) is 0 Å². The van der Waals surface area contributed by atoms with Crippen LogP contribution in [-0.4, -0.2) is 5.54 Å². The van der Waals surface area contributed by atoms with Crippen molar-refractivity contribution >= 4 is 0 Å². The second-order valence-corrected chi connectivity index (χ2v) is 17.8. The zero-order valence-corrected chi connectivity index (χ0v) is 36.6. The first-order valence-corrected chi connectivity index (χ1v) is 25.0. The lowest BCUT2D eigenvalue weighted by atomic mass is 9.82. The van der Waals surface area contributed by atoms with Crippen LogP contribution in [0.25, 0.3) is 0 Å². The van der Waals surface area contributed by atoms with Crippen molar-refractivity contribution in [1.82, 2.24) is 0 Å². The zero-order chi connectivity index (χ0) is 37.0. The van der Waals surface area contributed by atoms with E-state index >= 15 is 0 Å². The third-order valence-corrected chi connectivity index (χ3v) is 12.3. The Morgan fingerprint density at radius 2 is 0.314 bits per heavy atom. The summed E-state index contributed by atoms with van der Waals surface area (Å²) in [5.41, 5.74) is 7.36. The molecule has 51 heavy (non-hydrogen) atoms. The van der Waals surface area contributed by atoms with Gasteiger partial charge in [0.05, 0.1) is 0 Å². The van der Waals surface area contributed by atoms with Crippen LogP contribution in [0.1, 0.15) is 316 Å². The Kier molecular flexibility index (Phi) is 44.3. The molecule has 0 aromatic heterocycles. The predicted octanol–water partition coefficient (Wildman–Crippen LogP) is 18.7. The SMILES string of the molecule is CCCCCCCCCCCCCCCCCC(N)(CCCCCCCCCCCCCCCC)CCCCCCCCCCCCCCCC. The summed E-state index contributed by atoms with van der Waals surface area (Å²) in [5, 5.41) is 0. The standard InChI is InChI=1S/C50H103N/c1-4-7-10-13-16-19-22-25-28-31-34-37-40-43-46-49-50(51,47-44-41-38-35-32-29-26-23-20-17-14-11-8-5-2)48-45-42-39-36-33-30-27-24-21-18-15-12-9-6-3/h4-49,51H2,1-3H3. The lowest BCUT2D eigenvalue weighted by Crippen LogP contribution is -2.39. The monoisotopic (exact) mass is 718 g/mol. The number of rotatable bonds is 46. The molecule has 0 aliphatic rings. The molecule has 2 N–H and O–H groups in total. The highest BCUT2D eigenvalue weighted by Crippen LogP contribution is 2.27. The largest absolute Gasteiger partial charge is 0.325 e. The number of hydrogen-bond acceptors (Lipinski definition) is 1. The quantitative estimate of drug-likeness (QED) is 0.0623. The summed E-state index contributed by atoms with van der Waals surface area (Å²) in [6, 6.07) is 0. The van der Waals surface area contributed by atoms with Gasteiger partial charge in [-0.15, -0.1) is 0 Å². The van der Waals surface area contributed by atoms with Crippen molar-refractivity contribution in [3.8, 4) is 0 Å². The van der Waals surface area contributed by atoms with Crippen LogP contribution in [0.3, 0.4) is 0 Å². The summed E-state index contributed by atoms with van der Waals surface area (Å²) in [5.74, 6) is 0. The number of hydrogen-bond donors (Lipinski definition) is 1. The first-order chi connectivity index (χ1) is 25.2. The average Bonchev–Trinajstić information content (AvgIpc) is 3.13. The maximum atomic E-state index is 7.25. The zero-order valence-electron chi connectivity index (χ0n) is 36.6. The molecular formula is C50H103N. The molecule has 0 aliphatic heterocycles. The first kappa shape index (κ1) is 51.0. The van der Waals surface area contributed by atoms with Crippen LogP contribution in [0, 0.1) is 0 Å². The minimum atomic E-state index is 0.116. The molecule has 0 aromatic rings. The first-order valence-electron chi connectivity index (χ1n) is 25.0. The van der Waals surface area contributed by atoms with Gasteiger partial charge in [0.25, 0.3) is 0 Å². The van der Waals surface area contributed by atoms with Crippen LogP contribution in [0.2, 0.25) is 0 Å². The number of nitrogens with two attached hydrogens (primary N) is 1. The van der Waals surface area contributed by atoms with Crippen molar-refractivity contribution in [3.63, 3.8) is 0 Å². The van der Waals surface area contributed by atoms with Crippen molar-refractivity contribution in [2.75, 3.05) is 0 Å². The fourth-order valence-electron chi connectivity index (χ4n) is 8.57. The lowest BCUT2D eigenvalue weighted by molar-refractivity contribution is 0.302. The van der Waals surface area contributed by atoms with E-state index in [2.05, 4.69) is 20.8 Å². The molecule has 0 saturated carbocycles. The van der Waals surface area contributed by atoms with Crippen LogP contribution in [0.15, 0.2) is 0 Å². The Hall–Kier alpha value is -0.0400. The van der Waals surface area contributed by atoms with Gasteiger partial charge in [-0.1, -0.05) is 297 Å². The summed E-state index contributed by atoms with van der Waals surface area (Å²) >= 11 is 0. The molecule has 0 aromatic carbocycles. The Labute approximate surface area is 326 Å². The third kappa shape index (κ3) is 42.6. The van der Waals surface area contributed by atoms with Crippen LogP contribution in [0.4, 0.5) is 0 Å². The fraction of sp³-hybridized carbons (Fsp3) is 1.00. The molecule has 0 fully saturated rings. The van der Waals surface area contributed by atoms with Crippen LogP contribution >= 0.6 is 0 Å². The number of unbranched alkanes of at least 4 members (excludes halogenated alkanes) is 40. The van der Waals surface area contributed by atoms with Crippen LogP contribution in [0.5, 0.6) is 0 Å². The van der Waals surface area contributed by atoms with Crippen molar-refractivity contribution in [2.45, 2.75) is 322 Å². The van der Waals surface area contributed by atoms with E-state index in [4.69, 9.17) is 5.73 Å². The summed E-state index contributed by atoms with van der Waals surface area (Å²) in [6.45, 7) is 6.95. The fourth-order valence-corrected chi connectivity index (χ4v) is 8.57. The summed E-state index contributed by atoms with van der Waals surface area (Å²) in [4.78, 5) is 0. The minimum absolute atomic E-state index is 0.116. The van der Waals surface area contributed by atoms with E-state index in [9.17, 15) is 0 Å². The van der Waals surface area contributed by atoms with Gasteiger partial charge in [-0.3, -0.25) is 0 Å². The van der Waals surface area contributed by atoms with Crippen molar-refractivity contribution in [1.29, 1.82) is 0 Å². The summed E-state index contributed by atoms with van der Waals surface area (Å²) in [6.07, 6.45) is 65.9. The van der Waals surface area contributed by atoms with Gasteiger partial charge in [0.15, 0.2) is 0 Å². The van der Waals surface area contributed by atoms with Crippen LogP contribution in [-0.2, 0) is 0 Å². The van der Waals surface area contributed by atoms with Gasteiger partial charge in [-0.25, -0.2) is 0 Å². The topological polar surface area (TPSA) is 26.0 Å². The molecule has 0 rings (SSSR count). The van der Waals surface area contributed by atoms with Crippen LogP contribution < -0.4 is 5.73 Å². The van der Waals surface area contributed by atoms with E-state index in [0.717, 1.165) is 0 Å². The van der Waals surface area contributed by atoms with Gasteiger partial charge in [-0.05, 0) is 19.3 Å². The molecule has 0 bridgehead atoms. The second kappa shape index (κ2) is 44.4. The van der Waals surface area contributed by atoms with Gasteiger partial charge in [0.2, 0.25) is 0 Å². The average molecular weight is 718 g/mol. The van der Waals surface area contributed by atoms with Gasteiger partial charge >= 0.3 is 0 Å². The van der Waals surface area contributed by atoms with E-state index in [1.54, 1.807) is 0 Å². The van der Waals surface area contributed by atoms with Crippen molar-refractivity contribution < 1.29 is 0 Å². The Balaban J connectivity index is 4.07. The van der Waals surface area contributed by atoms with Crippen molar-refractivity contribution in [3.05, 3.63) is 0 Å². The molecule has 0 radical (unpaired) electrons. The molecule has 0 amide bonds. The Morgan fingerprint density at radius 3 is 0.451 bits per heavy atom. The molecule has 1 nitrogen and oxygen atoms in total. The molecule has 0 aliphatic carbocycles. The van der Waals surface area contributed by atoms with E-state index in [1.165, 1.54) is 295 Å². The molecule has 1 heteroatoms.